The normalized spacial score (nSPS) is 12.6. The lowest BCUT2D eigenvalue weighted by atomic mass is 9.63. The first-order chi connectivity index (χ1) is 27.7. The summed E-state index contributed by atoms with van der Waals surface area (Å²) in [5.41, 5.74) is 11.2. The number of para-hydroxylation sites is 1. The van der Waals surface area contributed by atoms with Gasteiger partial charge in [0.05, 0.1) is 5.41 Å². The molecule has 4 nitrogen and oxygen atoms in total. The molecule has 0 spiro atoms. The third-order valence-corrected chi connectivity index (χ3v) is 10.7. The molecule has 0 saturated heterocycles. The first kappa shape index (κ1) is 33.2. The minimum atomic E-state index is -0.568. The topological polar surface area (TPSA) is 47.9 Å². The van der Waals surface area contributed by atoms with Crippen molar-refractivity contribution >= 4 is 0 Å². The van der Waals surface area contributed by atoms with E-state index in [1.807, 2.05) is 42.5 Å². The van der Waals surface area contributed by atoms with Gasteiger partial charge < -0.3 is 4.74 Å². The molecule has 4 heteroatoms. The molecule has 0 bridgehead atoms. The fourth-order valence-corrected chi connectivity index (χ4v) is 8.02. The van der Waals surface area contributed by atoms with E-state index >= 15 is 0 Å². The van der Waals surface area contributed by atoms with E-state index in [0.717, 1.165) is 56.0 Å². The van der Waals surface area contributed by atoms with Crippen molar-refractivity contribution in [2.24, 2.45) is 0 Å². The predicted molar refractivity (Wildman–Crippen MR) is 225 cm³/mol. The van der Waals surface area contributed by atoms with Crippen molar-refractivity contribution in [3.05, 3.63) is 235 Å². The molecular formula is C52H35N3O. The van der Waals surface area contributed by atoms with E-state index in [2.05, 4.69) is 170 Å². The number of hydrogen-bond donors (Lipinski definition) is 0. The molecule has 0 saturated carbocycles. The van der Waals surface area contributed by atoms with Gasteiger partial charge in [-0.15, -0.1) is 0 Å². The maximum atomic E-state index is 6.79. The van der Waals surface area contributed by atoms with Gasteiger partial charge in [0, 0.05) is 27.8 Å². The first-order valence-corrected chi connectivity index (χ1v) is 18.9. The van der Waals surface area contributed by atoms with Crippen LogP contribution in [0.4, 0.5) is 0 Å². The van der Waals surface area contributed by atoms with Crippen LogP contribution in [0.25, 0.3) is 56.4 Å². The van der Waals surface area contributed by atoms with E-state index in [0.29, 0.717) is 17.5 Å². The summed E-state index contributed by atoms with van der Waals surface area (Å²) < 4.78 is 6.79. The van der Waals surface area contributed by atoms with E-state index in [-0.39, 0.29) is 0 Å². The lowest BCUT2D eigenvalue weighted by Crippen LogP contribution is -2.34. The Balaban J connectivity index is 1.08. The van der Waals surface area contributed by atoms with Crippen molar-refractivity contribution in [1.29, 1.82) is 0 Å². The minimum Gasteiger partial charge on any atom is -0.457 e. The minimum absolute atomic E-state index is 0.568. The second kappa shape index (κ2) is 14.1. The molecule has 0 atom stereocenters. The van der Waals surface area contributed by atoms with Gasteiger partial charge in [-0.05, 0) is 51.6 Å². The molecule has 9 aromatic rings. The van der Waals surface area contributed by atoms with E-state index in [1.165, 1.54) is 16.7 Å². The summed E-state index contributed by atoms with van der Waals surface area (Å²) in [6.45, 7) is 0. The maximum Gasteiger partial charge on any atom is 0.164 e. The van der Waals surface area contributed by atoms with E-state index in [9.17, 15) is 0 Å². The molecule has 1 aromatic heterocycles. The Kier molecular flexibility index (Phi) is 8.34. The molecule has 8 aromatic carbocycles. The Bertz CT molecular complexity index is 2770. The van der Waals surface area contributed by atoms with Gasteiger partial charge in [0.25, 0.3) is 0 Å². The van der Waals surface area contributed by atoms with Crippen LogP contribution >= 0.6 is 0 Å². The average molecular weight is 718 g/mol. The van der Waals surface area contributed by atoms with Gasteiger partial charge in [-0.3, -0.25) is 0 Å². The average Bonchev–Trinajstić information content (AvgIpc) is 3.29. The molecule has 0 amide bonds. The summed E-state index contributed by atoms with van der Waals surface area (Å²) >= 11 is 0. The molecule has 0 unspecified atom stereocenters. The van der Waals surface area contributed by atoms with Crippen LogP contribution in [-0.2, 0) is 5.41 Å². The van der Waals surface area contributed by atoms with E-state index < -0.39 is 5.41 Å². The highest BCUT2D eigenvalue weighted by Gasteiger charge is 2.45. The van der Waals surface area contributed by atoms with Crippen molar-refractivity contribution in [2.75, 3.05) is 0 Å². The van der Waals surface area contributed by atoms with Gasteiger partial charge in [-0.2, -0.15) is 0 Å². The Morgan fingerprint density at radius 3 is 1.34 bits per heavy atom. The monoisotopic (exact) mass is 717 g/mol. The molecule has 2 heterocycles. The summed E-state index contributed by atoms with van der Waals surface area (Å²) in [6, 6.07) is 73.9. The second-order valence-electron chi connectivity index (χ2n) is 14.0. The molecule has 0 N–H and O–H groups in total. The van der Waals surface area contributed by atoms with Crippen molar-refractivity contribution in [3.63, 3.8) is 0 Å². The molecule has 1 aliphatic rings. The molecule has 1 aliphatic heterocycles. The fraction of sp³-hybridized carbons (Fsp3) is 0.0192. The Labute approximate surface area is 326 Å². The number of rotatable bonds is 7. The summed E-state index contributed by atoms with van der Waals surface area (Å²) in [5, 5.41) is 0. The van der Waals surface area contributed by atoms with Gasteiger partial charge in [-0.1, -0.05) is 194 Å². The smallest absolute Gasteiger partial charge is 0.164 e. The number of ether oxygens (including phenoxy) is 1. The molecule has 56 heavy (non-hydrogen) atoms. The van der Waals surface area contributed by atoms with Crippen LogP contribution in [0, 0.1) is 0 Å². The van der Waals surface area contributed by atoms with Crippen LogP contribution in [0.15, 0.2) is 212 Å². The fourth-order valence-electron chi connectivity index (χ4n) is 8.02. The molecule has 0 radical (unpaired) electrons. The van der Waals surface area contributed by atoms with Gasteiger partial charge in [0.15, 0.2) is 17.5 Å². The second-order valence-corrected chi connectivity index (χ2v) is 14.0. The lowest BCUT2D eigenvalue weighted by molar-refractivity contribution is 0.435. The summed E-state index contributed by atoms with van der Waals surface area (Å²) in [5.74, 6) is 3.53. The molecule has 264 valence electrons. The van der Waals surface area contributed by atoms with E-state index in [4.69, 9.17) is 19.7 Å². The van der Waals surface area contributed by atoms with Crippen LogP contribution < -0.4 is 4.74 Å². The van der Waals surface area contributed by atoms with Crippen molar-refractivity contribution in [1.82, 2.24) is 15.0 Å². The maximum absolute atomic E-state index is 6.79. The number of benzene rings is 8. The largest absolute Gasteiger partial charge is 0.457 e. The predicted octanol–water partition coefficient (Wildman–Crippen LogP) is 12.7. The number of nitrogens with zero attached hydrogens (tertiary/aromatic N) is 3. The van der Waals surface area contributed by atoms with E-state index in [1.54, 1.807) is 0 Å². The summed E-state index contributed by atoms with van der Waals surface area (Å²) in [4.78, 5) is 15.1. The van der Waals surface area contributed by atoms with Crippen molar-refractivity contribution in [3.8, 4) is 67.9 Å². The quantitative estimate of drug-likeness (QED) is 0.165. The zero-order valence-corrected chi connectivity index (χ0v) is 30.5. The SMILES string of the molecule is c1ccc(-c2ccc(-c3nc(-c4ccccc4)nc(-c4cccc(-c5ccc6c(c5)Oc5ccccc5C6(c5ccccc5)c5ccccc5)c4)n3)cc2)cc1. The van der Waals surface area contributed by atoms with Crippen molar-refractivity contribution in [2.45, 2.75) is 5.41 Å². The standard InChI is InChI=1S/C52H35N3O/c1-5-16-36(17-6-1)37-28-30-39(31-29-37)50-53-49(38-18-7-2-8-19-38)54-51(55-50)42-21-15-20-40(34-42)41-32-33-46-48(35-41)56-47-27-14-13-26-45(47)52(46,43-22-9-3-10-23-43)44-24-11-4-12-25-44/h1-35H. The highest BCUT2D eigenvalue weighted by Crippen LogP contribution is 2.55. The van der Waals surface area contributed by atoms with Crippen molar-refractivity contribution < 1.29 is 4.74 Å². The van der Waals surface area contributed by atoms with Crippen LogP contribution in [-0.4, -0.2) is 15.0 Å². The highest BCUT2D eigenvalue weighted by molar-refractivity contribution is 5.77. The summed E-state index contributed by atoms with van der Waals surface area (Å²) in [6.07, 6.45) is 0. The highest BCUT2D eigenvalue weighted by atomic mass is 16.5. The number of aromatic nitrogens is 3. The van der Waals surface area contributed by atoms with Gasteiger partial charge in [-0.25, -0.2) is 15.0 Å². The van der Waals surface area contributed by atoms with Crippen LogP contribution in [0.5, 0.6) is 11.5 Å². The van der Waals surface area contributed by atoms with Crippen LogP contribution in [0.2, 0.25) is 0 Å². The van der Waals surface area contributed by atoms with Gasteiger partial charge >= 0.3 is 0 Å². The number of fused-ring (bicyclic) bond motifs is 2. The Morgan fingerprint density at radius 1 is 0.286 bits per heavy atom. The third kappa shape index (κ3) is 5.85. The van der Waals surface area contributed by atoms with Gasteiger partial charge in [0.2, 0.25) is 0 Å². The van der Waals surface area contributed by atoms with Crippen LogP contribution in [0.1, 0.15) is 22.3 Å². The lowest BCUT2D eigenvalue weighted by Gasteiger charge is -2.41. The summed E-state index contributed by atoms with van der Waals surface area (Å²) in [7, 11) is 0. The Hall–Kier alpha value is -7.43. The molecule has 0 aliphatic carbocycles. The first-order valence-electron chi connectivity index (χ1n) is 18.9. The van der Waals surface area contributed by atoms with Gasteiger partial charge in [0.1, 0.15) is 11.5 Å². The van der Waals surface area contributed by atoms with Crippen LogP contribution in [0.3, 0.4) is 0 Å². The third-order valence-electron chi connectivity index (χ3n) is 10.7. The molecule has 10 rings (SSSR count). The zero-order chi connectivity index (χ0) is 37.3. The Morgan fingerprint density at radius 2 is 0.696 bits per heavy atom. The molecule has 0 fully saturated rings. The molecular weight excluding hydrogens is 683 g/mol. The zero-order valence-electron chi connectivity index (χ0n) is 30.5. The number of hydrogen-bond acceptors (Lipinski definition) is 4.